The van der Waals surface area contributed by atoms with Gasteiger partial charge in [0.05, 0.1) is 12.3 Å². The average Bonchev–Trinajstić information content (AvgIpc) is 2.99. The van der Waals surface area contributed by atoms with Crippen LogP contribution in [0.15, 0.2) is 16.7 Å². The van der Waals surface area contributed by atoms with E-state index in [-0.39, 0.29) is 24.1 Å². The number of aryl methyl sites for hydroxylation is 1. The fourth-order valence-corrected chi connectivity index (χ4v) is 2.68. The summed E-state index contributed by atoms with van der Waals surface area (Å²) in [5.41, 5.74) is 0.766. The topological polar surface area (TPSA) is 74.6 Å². The van der Waals surface area contributed by atoms with Crippen LogP contribution in [0.3, 0.4) is 0 Å². The number of hydrogen-bond acceptors (Lipinski definition) is 3. The highest BCUT2D eigenvalue weighted by Gasteiger charge is 2.28. The first kappa shape index (κ1) is 18.2. The van der Waals surface area contributed by atoms with Gasteiger partial charge in [0.15, 0.2) is 5.76 Å². The molecule has 6 nitrogen and oxygen atoms in total. The molecule has 0 bridgehead atoms. The maximum absolute atomic E-state index is 12.7. The van der Waals surface area contributed by atoms with Crippen LogP contribution in [0.2, 0.25) is 0 Å². The Bertz CT molecular complexity index is 569. The fourth-order valence-electron chi connectivity index (χ4n) is 2.68. The van der Waals surface area contributed by atoms with Crippen molar-refractivity contribution in [2.45, 2.75) is 51.6 Å². The van der Waals surface area contributed by atoms with Gasteiger partial charge in [0, 0.05) is 24.7 Å². The second-order valence-electron chi connectivity index (χ2n) is 5.97. The van der Waals surface area contributed by atoms with E-state index in [0.29, 0.717) is 25.9 Å². The molecule has 1 atom stereocenters. The summed E-state index contributed by atoms with van der Waals surface area (Å²) in [6, 6.07) is 0.0449. The first-order valence-electron chi connectivity index (χ1n) is 8.11. The van der Waals surface area contributed by atoms with Gasteiger partial charge in [-0.05, 0) is 32.3 Å². The van der Waals surface area contributed by atoms with E-state index < -0.39 is 18.5 Å². The van der Waals surface area contributed by atoms with Crippen molar-refractivity contribution in [2.75, 3.05) is 13.1 Å². The van der Waals surface area contributed by atoms with Crippen LogP contribution in [-0.4, -0.2) is 48.4 Å². The molecule has 1 saturated heterocycles. The van der Waals surface area contributed by atoms with Crippen LogP contribution in [0.25, 0.3) is 0 Å². The summed E-state index contributed by atoms with van der Waals surface area (Å²) in [6.07, 6.45) is 0.213. The minimum atomic E-state index is -2.58. The number of rotatable bonds is 5. The number of carbonyl (C=O) groups is 2. The molecule has 0 radical (unpaired) electrons. The van der Waals surface area contributed by atoms with Crippen molar-refractivity contribution in [2.24, 2.45) is 0 Å². The van der Waals surface area contributed by atoms with E-state index in [4.69, 9.17) is 4.42 Å². The lowest BCUT2D eigenvalue weighted by Crippen LogP contribution is -2.52. The molecule has 1 aliphatic heterocycles. The Morgan fingerprint density at radius 3 is 2.54 bits per heavy atom. The standard InChI is InChI=1S/C16H23F2N3O3/c1-3-12(14(17)18)20-16(23)21-7-4-11(5-8-21)19-15(22)13-10(2)6-9-24-13/h6,9,11-12,14H,3-5,7-8H2,1-2H3,(H,19,22)(H,20,23). The molecule has 0 saturated carbocycles. The van der Waals surface area contributed by atoms with E-state index in [0.717, 1.165) is 5.56 Å². The second-order valence-corrected chi connectivity index (χ2v) is 5.97. The molecule has 1 aromatic rings. The summed E-state index contributed by atoms with van der Waals surface area (Å²) >= 11 is 0. The Morgan fingerprint density at radius 1 is 1.38 bits per heavy atom. The third-order valence-electron chi connectivity index (χ3n) is 4.24. The van der Waals surface area contributed by atoms with Gasteiger partial charge >= 0.3 is 6.03 Å². The zero-order valence-corrected chi connectivity index (χ0v) is 13.9. The van der Waals surface area contributed by atoms with Crippen molar-refractivity contribution < 1.29 is 22.8 Å². The van der Waals surface area contributed by atoms with E-state index in [1.807, 2.05) is 0 Å². The van der Waals surface area contributed by atoms with E-state index >= 15 is 0 Å². The van der Waals surface area contributed by atoms with Gasteiger partial charge in [0.25, 0.3) is 12.3 Å². The lowest BCUT2D eigenvalue weighted by atomic mass is 10.0. The highest BCUT2D eigenvalue weighted by Crippen LogP contribution is 2.14. The van der Waals surface area contributed by atoms with E-state index in [1.54, 1.807) is 19.9 Å². The van der Waals surface area contributed by atoms with Crippen LogP contribution in [0.5, 0.6) is 0 Å². The maximum atomic E-state index is 12.7. The van der Waals surface area contributed by atoms with Gasteiger partial charge in [-0.1, -0.05) is 6.92 Å². The number of nitrogens with one attached hydrogen (secondary N) is 2. The number of hydrogen-bond donors (Lipinski definition) is 2. The number of carbonyl (C=O) groups excluding carboxylic acids is 2. The minimum Gasteiger partial charge on any atom is -0.459 e. The molecular weight excluding hydrogens is 320 g/mol. The van der Waals surface area contributed by atoms with Crippen LogP contribution in [0, 0.1) is 6.92 Å². The summed E-state index contributed by atoms with van der Waals surface area (Å²) in [5.74, 6) is 0.0158. The van der Waals surface area contributed by atoms with E-state index in [2.05, 4.69) is 10.6 Å². The Labute approximate surface area is 139 Å². The zero-order chi connectivity index (χ0) is 17.7. The van der Waals surface area contributed by atoms with Gasteiger partial charge in [0.2, 0.25) is 0 Å². The lowest BCUT2D eigenvalue weighted by molar-refractivity contribution is 0.0864. The van der Waals surface area contributed by atoms with Crippen molar-refractivity contribution in [1.82, 2.24) is 15.5 Å². The molecule has 8 heteroatoms. The molecule has 0 aliphatic carbocycles. The molecule has 24 heavy (non-hydrogen) atoms. The van der Waals surface area contributed by atoms with Gasteiger partial charge < -0.3 is 20.0 Å². The minimum absolute atomic E-state index is 0.0666. The molecule has 134 valence electrons. The number of urea groups is 1. The van der Waals surface area contributed by atoms with Crippen LogP contribution < -0.4 is 10.6 Å². The Morgan fingerprint density at radius 2 is 2.04 bits per heavy atom. The normalized spacial score (nSPS) is 17.0. The molecule has 1 unspecified atom stereocenters. The number of halogens is 2. The monoisotopic (exact) mass is 343 g/mol. The third kappa shape index (κ3) is 4.46. The molecule has 2 heterocycles. The van der Waals surface area contributed by atoms with Crippen LogP contribution in [0.1, 0.15) is 42.3 Å². The molecule has 2 rings (SSSR count). The van der Waals surface area contributed by atoms with Gasteiger partial charge in [0.1, 0.15) is 0 Å². The average molecular weight is 343 g/mol. The first-order chi connectivity index (χ1) is 11.4. The Kier molecular flexibility index (Phi) is 6.16. The van der Waals surface area contributed by atoms with Crippen molar-refractivity contribution in [3.63, 3.8) is 0 Å². The molecule has 1 aromatic heterocycles. The summed E-state index contributed by atoms with van der Waals surface area (Å²) in [4.78, 5) is 25.6. The highest BCUT2D eigenvalue weighted by molar-refractivity contribution is 5.93. The Balaban J connectivity index is 1.80. The highest BCUT2D eigenvalue weighted by atomic mass is 19.3. The smallest absolute Gasteiger partial charge is 0.317 e. The molecule has 2 N–H and O–H groups in total. The van der Waals surface area contributed by atoms with E-state index in [1.165, 1.54) is 11.2 Å². The third-order valence-corrected chi connectivity index (χ3v) is 4.24. The number of piperidine rings is 1. The van der Waals surface area contributed by atoms with Crippen LogP contribution in [-0.2, 0) is 0 Å². The van der Waals surface area contributed by atoms with Gasteiger partial charge in [-0.2, -0.15) is 0 Å². The Hall–Kier alpha value is -2.12. The number of amides is 3. The van der Waals surface area contributed by atoms with E-state index in [9.17, 15) is 18.4 Å². The van der Waals surface area contributed by atoms with Crippen molar-refractivity contribution in [3.05, 3.63) is 23.7 Å². The molecular formula is C16H23F2N3O3. The van der Waals surface area contributed by atoms with Crippen LogP contribution >= 0.6 is 0 Å². The zero-order valence-electron chi connectivity index (χ0n) is 13.9. The molecule has 0 aromatic carbocycles. The molecule has 0 spiro atoms. The summed E-state index contributed by atoms with van der Waals surface area (Å²) in [7, 11) is 0. The predicted octanol–water partition coefficient (Wildman–Crippen LogP) is 2.54. The quantitative estimate of drug-likeness (QED) is 0.863. The second kappa shape index (κ2) is 8.12. The van der Waals surface area contributed by atoms with Crippen molar-refractivity contribution in [1.29, 1.82) is 0 Å². The maximum Gasteiger partial charge on any atom is 0.317 e. The first-order valence-corrected chi connectivity index (χ1v) is 8.11. The van der Waals surface area contributed by atoms with Gasteiger partial charge in [-0.3, -0.25) is 4.79 Å². The van der Waals surface area contributed by atoms with Crippen molar-refractivity contribution >= 4 is 11.9 Å². The van der Waals surface area contributed by atoms with Gasteiger partial charge in [-0.25, -0.2) is 13.6 Å². The predicted molar refractivity (Wildman–Crippen MR) is 84.1 cm³/mol. The van der Waals surface area contributed by atoms with Gasteiger partial charge in [-0.15, -0.1) is 0 Å². The largest absolute Gasteiger partial charge is 0.459 e. The molecule has 1 fully saturated rings. The SMILES string of the molecule is CCC(NC(=O)N1CCC(NC(=O)c2occc2C)CC1)C(F)F. The number of alkyl halides is 2. The summed E-state index contributed by atoms with van der Waals surface area (Å²) in [6.45, 7) is 4.22. The molecule has 1 aliphatic rings. The molecule has 3 amide bonds. The van der Waals surface area contributed by atoms with Crippen LogP contribution in [0.4, 0.5) is 13.6 Å². The summed E-state index contributed by atoms with van der Waals surface area (Å²) < 4.78 is 30.6. The number of furan rings is 1. The fraction of sp³-hybridized carbons (Fsp3) is 0.625. The van der Waals surface area contributed by atoms with Crippen molar-refractivity contribution in [3.8, 4) is 0 Å². The number of nitrogens with zero attached hydrogens (tertiary/aromatic N) is 1. The number of likely N-dealkylation sites (tertiary alicyclic amines) is 1. The lowest BCUT2D eigenvalue weighted by Gasteiger charge is -2.33. The summed E-state index contributed by atoms with van der Waals surface area (Å²) in [5, 5.41) is 5.24.